The predicted molar refractivity (Wildman–Crippen MR) is 60.9 cm³/mol. The second-order valence-corrected chi connectivity index (χ2v) is 6.91. The van der Waals surface area contributed by atoms with Crippen molar-refractivity contribution in [2.75, 3.05) is 6.54 Å². The SMILES string of the molecule is O=S(=O)(F)c1ccc(S(=O)(=O)NCC(F)(F)C(F)F)cc1. The van der Waals surface area contributed by atoms with Crippen LogP contribution in [0, 0.1) is 0 Å². The van der Waals surface area contributed by atoms with Crippen LogP contribution < -0.4 is 4.72 Å². The normalized spacial score (nSPS) is 13.6. The summed E-state index contributed by atoms with van der Waals surface area (Å²) < 4.78 is 107. The van der Waals surface area contributed by atoms with E-state index >= 15 is 0 Å². The standard InChI is InChI=1S/C9H8F5NO4S2/c10-8(11)9(12,13)5-15-21(18,19)7-3-1-6(2-4-7)20(14,16)17/h1-4,8,15H,5H2. The molecule has 0 unspecified atom stereocenters. The van der Waals surface area contributed by atoms with Crippen molar-refractivity contribution < 1.29 is 38.3 Å². The van der Waals surface area contributed by atoms with Gasteiger partial charge in [0.05, 0.1) is 16.3 Å². The minimum atomic E-state index is -5.05. The molecule has 0 radical (unpaired) electrons. The Morgan fingerprint density at radius 2 is 1.43 bits per heavy atom. The molecule has 0 aliphatic carbocycles. The largest absolute Gasteiger partial charge is 0.332 e. The summed E-state index contributed by atoms with van der Waals surface area (Å²) in [5, 5.41) is 0. The zero-order valence-electron chi connectivity index (χ0n) is 9.93. The number of halogens is 5. The third kappa shape index (κ3) is 4.61. The lowest BCUT2D eigenvalue weighted by Gasteiger charge is -2.15. The number of hydrogen-bond acceptors (Lipinski definition) is 4. The van der Waals surface area contributed by atoms with Gasteiger partial charge in [0.25, 0.3) is 0 Å². The van der Waals surface area contributed by atoms with Gasteiger partial charge < -0.3 is 0 Å². The maximum atomic E-state index is 12.6. The highest BCUT2D eigenvalue weighted by Gasteiger charge is 2.41. The highest BCUT2D eigenvalue weighted by Crippen LogP contribution is 2.23. The van der Waals surface area contributed by atoms with Crippen molar-refractivity contribution in [3.05, 3.63) is 24.3 Å². The van der Waals surface area contributed by atoms with E-state index in [9.17, 15) is 38.3 Å². The van der Waals surface area contributed by atoms with Gasteiger partial charge in [-0.1, -0.05) is 0 Å². The molecule has 120 valence electrons. The molecule has 0 saturated carbocycles. The third-order valence-corrected chi connectivity index (χ3v) is 4.49. The van der Waals surface area contributed by atoms with Crippen LogP contribution in [0.4, 0.5) is 21.4 Å². The predicted octanol–water partition coefficient (Wildman–Crippen LogP) is 1.52. The molecular weight excluding hydrogens is 345 g/mol. The fraction of sp³-hybridized carbons (Fsp3) is 0.333. The number of sulfonamides is 1. The minimum absolute atomic E-state index is 0.592. The third-order valence-electron chi connectivity index (χ3n) is 2.23. The van der Waals surface area contributed by atoms with Gasteiger partial charge in [0, 0.05) is 0 Å². The molecule has 0 aliphatic rings. The number of alkyl halides is 4. The van der Waals surface area contributed by atoms with E-state index in [0.717, 1.165) is 0 Å². The fourth-order valence-corrected chi connectivity index (χ4v) is 2.64. The van der Waals surface area contributed by atoms with Crippen LogP contribution in [0.5, 0.6) is 0 Å². The molecule has 0 heterocycles. The Morgan fingerprint density at radius 3 is 1.81 bits per heavy atom. The summed E-state index contributed by atoms with van der Waals surface area (Å²) in [5.41, 5.74) is 0. The van der Waals surface area contributed by atoms with E-state index in [1.165, 1.54) is 4.72 Å². The molecule has 0 amide bonds. The molecule has 0 aromatic heterocycles. The maximum absolute atomic E-state index is 12.6. The molecular formula is C9H8F5NO4S2. The average molecular weight is 353 g/mol. The molecule has 0 spiro atoms. The van der Waals surface area contributed by atoms with E-state index in [2.05, 4.69) is 0 Å². The summed E-state index contributed by atoms with van der Waals surface area (Å²) in [6.45, 7) is -1.84. The summed E-state index contributed by atoms with van der Waals surface area (Å²) in [7, 11) is -9.62. The fourth-order valence-electron chi connectivity index (χ4n) is 1.13. The Kier molecular flexibility index (Phi) is 4.95. The van der Waals surface area contributed by atoms with Crippen LogP contribution in [0.3, 0.4) is 0 Å². The number of benzene rings is 1. The van der Waals surface area contributed by atoms with Crippen LogP contribution in [0.25, 0.3) is 0 Å². The van der Waals surface area contributed by atoms with E-state index < -0.39 is 48.9 Å². The first-order valence-corrected chi connectivity index (χ1v) is 7.93. The van der Waals surface area contributed by atoms with Crippen molar-refractivity contribution >= 4 is 20.2 Å². The molecule has 0 bridgehead atoms. The maximum Gasteiger partial charge on any atom is 0.332 e. The molecule has 5 nitrogen and oxygen atoms in total. The minimum Gasteiger partial charge on any atom is -0.207 e. The quantitative estimate of drug-likeness (QED) is 0.621. The summed E-state index contributed by atoms with van der Waals surface area (Å²) in [4.78, 5) is -1.51. The van der Waals surface area contributed by atoms with Gasteiger partial charge in [-0.2, -0.15) is 17.2 Å². The van der Waals surface area contributed by atoms with Crippen molar-refractivity contribution in [1.29, 1.82) is 0 Å². The molecule has 1 aromatic rings. The van der Waals surface area contributed by atoms with Crippen LogP contribution in [0.1, 0.15) is 0 Å². The van der Waals surface area contributed by atoms with Gasteiger partial charge in [-0.15, -0.1) is 3.89 Å². The first-order valence-electron chi connectivity index (χ1n) is 5.06. The van der Waals surface area contributed by atoms with Crippen LogP contribution in [-0.4, -0.2) is 35.7 Å². The molecule has 21 heavy (non-hydrogen) atoms. The lowest BCUT2D eigenvalue weighted by Crippen LogP contribution is -2.41. The van der Waals surface area contributed by atoms with Crippen molar-refractivity contribution in [2.24, 2.45) is 0 Å². The molecule has 0 aliphatic heterocycles. The Labute approximate surface area is 117 Å². The molecule has 0 atom stereocenters. The topological polar surface area (TPSA) is 80.3 Å². The van der Waals surface area contributed by atoms with Crippen LogP contribution in [0.15, 0.2) is 34.1 Å². The second kappa shape index (κ2) is 5.85. The van der Waals surface area contributed by atoms with Gasteiger partial charge in [-0.3, -0.25) is 0 Å². The number of hydrogen-bond donors (Lipinski definition) is 1. The van der Waals surface area contributed by atoms with Gasteiger partial charge in [0.15, 0.2) is 0 Å². The zero-order valence-corrected chi connectivity index (χ0v) is 11.6. The number of nitrogens with one attached hydrogen (secondary N) is 1. The smallest absolute Gasteiger partial charge is 0.207 e. The lowest BCUT2D eigenvalue weighted by molar-refractivity contribution is -0.122. The average Bonchev–Trinajstić information content (AvgIpc) is 2.36. The first-order chi connectivity index (χ1) is 9.36. The summed E-state index contributed by atoms with van der Waals surface area (Å²) >= 11 is 0. The van der Waals surface area contributed by atoms with E-state index in [1.54, 1.807) is 0 Å². The molecule has 1 aromatic carbocycles. The lowest BCUT2D eigenvalue weighted by atomic mass is 10.4. The van der Waals surface area contributed by atoms with Gasteiger partial charge in [-0.05, 0) is 24.3 Å². The second-order valence-electron chi connectivity index (χ2n) is 3.80. The highest BCUT2D eigenvalue weighted by molar-refractivity contribution is 7.89. The zero-order chi connectivity index (χ0) is 16.5. The van der Waals surface area contributed by atoms with Crippen LogP contribution >= 0.6 is 0 Å². The van der Waals surface area contributed by atoms with E-state index in [1.807, 2.05) is 0 Å². The van der Waals surface area contributed by atoms with Crippen molar-refractivity contribution in [3.63, 3.8) is 0 Å². The van der Waals surface area contributed by atoms with Gasteiger partial charge in [-0.25, -0.2) is 21.9 Å². The van der Waals surface area contributed by atoms with Crippen molar-refractivity contribution in [1.82, 2.24) is 4.72 Å². The summed E-state index contributed by atoms with van der Waals surface area (Å²) in [5.74, 6) is -4.56. The molecule has 1 N–H and O–H groups in total. The van der Waals surface area contributed by atoms with Crippen LogP contribution in [-0.2, 0) is 20.2 Å². The van der Waals surface area contributed by atoms with Gasteiger partial charge >= 0.3 is 22.6 Å². The van der Waals surface area contributed by atoms with Crippen molar-refractivity contribution in [3.8, 4) is 0 Å². The highest BCUT2D eigenvalue weighted by atomic mass is 32.3. The van der Waals surface area contributed by atoms with E-state index in [0.29, 0.717) is 24.3 Å². The van der Waals surface area contributed by atoms with Crippen LogP contribution in [0.2, 0.25) is 0 Å². The summed E-state index contributed by atoms with van der Waals surface area (Å²) in [6, 6.07) is 2.45. The monoisotopic (exact) mass is 353 g/mol. The van der Waals surface area contributed by atoms with Crippen molar-refractivity contribution in [2.45, 2.75) is 22.1 Å². The summed E-state index contributed by atoms with van der Waals surface area (Å²) in [6.07, 6.45) is -4.06. The van der Waals surface area contributed by atoms with Gasteiger partial charge in [0.1, 0.15) is 0 Å². The first kappa shape index (κ1) is 17.8. The Bertz CT molecular complexity index is 700. The Hall–Kier alpha value is -1.27. The molecule has 0 fully saturated rings. The Morgan fingerprint density at radius 1 is 1.00 bits per heavy atom. The van der Waals surface area contributed by atoms with E-state index in [-0.39, 0.29) is 0 Å². The number of rotatable bonds is 6. The Balaban J connectivity index is 2.94. The molecule has 12 heteroatoms. The molecule has 0 saturated heterocycles. The van der Waals surface area contributed by atoms with E-state index in [4.69, 9.17) is 0 Å². The van der Waals surface area contributed by atoms with Gasteiger partial charge in [0.2, 0.25) is 10.0 Å². The molecule has 1 rings (SSSR count).